The molecule has 1 amide bonds. The minimum Gasteiger partial charge on any atom is -0.493 e. The summed E-state index contributed by atoms with van der Waals surface area (Å²) in [5, 5.41) is 2.63. The van der Waals surface area contributed by atoms with Crippen LogP contribution >= 0.6 is 0 Å². The van der Waals surface area contributed by atoms with Gasteiger partial charge in [0.05, 0.1) is 19.1 Å². The molecule has 0 radical (unpaired) electrons. The molecular weight excluding hydrogens is 385 g/mol. The maximum atomic E-state index is 12.5. The van der Waals surface area contributed by atoms with Gasteiger partial charge in [0.2, 0.25) is 5.91 Å². The lowest BCUT2D eigenvalue weighted by Gasteiger charge is -2.12. The SMILES string of the molecule is COc1ccc(CCNC(=O)Cc2ccc(C(F)(F)F)cc2)cc1OC(F)F. The van der Waals surface area contributed by atoms with E-state index >= 15 is 0 Å². The van der Waals surface area contributed by atoms with E-state index in [-0.39, 0.29) is 30.4 Å². The minimum absolute atomic E-state index is 0.0690. The first kappa shape index (κ1) is 21.5. The Morgan fingerprint density at radius 2 is 1.68 bits per heavy atom. The van der Waals surface area contributed by atoms with Crippen LogP contribution in [-0.4, -0.2) is 26.2 Å². The molecule has 9 heteroatoms. The Morgan fingerprint density at radius 1 is 1.04 bits per heavy atom. The minimum atomic E-state index is -4.42. The van der Waals surface area contributed by atoms with E-state index in [0.717, 1.165) is 12.1 Å². The number of carbonyl (C=O) groups is 1. The van der Waals surface area contributed by atoms with E-state index in [1.807, 2.05) is 0 Å². The van der Waals surface area contributed by atoms with Gasteiger partial charge in [-0.25, -0.2) is 0 Å². The van der Waals surface area contributed by atoms with Crippen LogP contribution in [0.3, 0.4) is 0 Å². The molecule has 0 aliphatic rings. The van der Waals surface area contributed by atoms with E-state index in [1.54, 1.807) is 6.07 Å². The summed E-state index contributed by atoms with van der Waals surface area (Å²) in [5.41, 5.74) is 0.312. The van der Waals surface area contributed by atoms with Crippen LogP contribution < -0.4 is 14.8 Å². The molecule has 0 aliphatic heterocycles. The van der Waals surface area contributed by atoms with Gasteiger partial charge in [0, 0.05) is 6.54 Å². The van der Waals surface area contributed by atoms with Crippen molar-refractivity contribution in [2.75, 3.05) is 13.7 Å². The highest BCUT2D eigenvalue weighted by Crippen LogP contribution is 2.30. The van der Waals surface area contributed by atoms with Crippen LogP contribution in [0.4, 0.5) is 22.0 Å². The second-order valence-corrected chi connectivity index (χ2v) is 5.84. The van der Waals surface area contributed by atoms with E-state index < -0.39 is 18.4 Å². The molecule has 0 unspecified atom stereocenters. The predicted octanol–water partition coefficient (Wildman–Crippen LogP) is 4.22. The highest BCUT2D eigenvalue weighted by molar-refractivity contribution is 5.78. The van der Waals surface area contributed by atoms with Crippen molar-refractivity contribution in [2.45, 2.75) is 25.6 Å². The van der Waals surface area contributed by atoms with Crippen LogP contribution in [0.25, 0.3) is 0 Å². The van der Waals surface area contributed by atoms with Crippen molar-refractivity contribution in [3.8, 4) is 11.5 Å². The average molecular weight is 403 g/mol. The lowest BCUT2D eigenvalue weighted by atomic mass is 10.1. The number of methoxy groups -OCH3 is 1. The number of carbonyl (C=O) groups excluding carboxylic acids is 1. The Bertz CT molecular complexity index is 791. The van der Waals surface area contributed by atoms with E-state index in [2.05, 4.69) is 10.1 Å². The Hall–Kier alpha value is -2.84. The Labute approximate surface area is 158 Å². The zero-order valence-electron chi connectivity index (χ0n) is 14.9. The molecule has 1 N–H and O–H groups in total. The summed E-state index contributed by atoms with van der Waals surface area (Å²) < 4.78 is 71.7. The smallest absolute Gasteiger partial charge is 0.416 e. The van der Waals surface area contributed by atoms with Gasteiger partial charge in [0.15, 0.2) is 11.5 Å². The van der Waals surface area contributed by atoms with Crippen molar-refractivity contribution in [1.29, 1.82) is 0 Å². The summed E-state index contributed by atoms with van der Waals surface area (Å²) in [4.78, 5) is 11.9. The second kappa shape index (κ2) is 9.38. The van der Waals surface area contributed by atoms with Crippen molar-refractivity contribution < 1.29 is 36.2 Å². The lowest BCUT2D eigenvalue weighted by Crippen LogP contribution is -2.27. The zero-order valence-corrected chi connectivity index (χ0v) is 14.9. The molecule has 0 aliphatic carbocycles. The third-order valence-corrected chi connectivity index (χ3v) is 3.83. The number of nitrogens with one attached hydrogen (secondary N) is 1. The molecule has 0 spiro atoms. The molecule has 0 fully saturated rings. The summed E-state index contributed by atoms with van der Waals surface area (Å²) in [6.07, 6.45) is -4.14. The van der Waals surface area contributed by atoms with Crippen LogP contribution in [0.15, 0.2) is 42.5 Å². The van der Waals surface area contributed by atoms with Crippen LogP contribution in [0.5, 0.6) is 11.5 Å². The third-order valence-electron chi connectivity index (χ3n) is 3.83. The number of rotatable bonds is 8. The molecule has 0 atom stereocenters. The second-order valence-electron chi connectivity index (χ2n) is 5.84. The molecule has 0 saturated carbocycles. The zero-order chi connectivity index (χ0) is 20.7. The van der Waals surface area contributed by atoms with Gasteiger partial charge >= 0.3 is 12.8 Å². The van der Waals surface area contributed by atoms with Crippen molar-refractivity contribution in [3.05, 3.63) is 59.2 Å². The highest BCUT2D eigenvalue weighted by atomic mass is 19.4. The average Bonchev–Trinajstić information content (AvgIpc) is 2.61. The first-order chi connectivity index (χ1) is 13.2. The fraction of sp³-hybridized carbons (Fsp3) is 0.316. The van der Waals surface area contributed by atoms with Crippen molar-refractivity contribution in [3.63, 3.8) is 0 Å². The lowest BCUT2D eigenvalue weighted by molar-refractivity contribution is -0.137. The van der Waals surface area contributed by atoms with E-state index in [9.17, 15) is 26.7 Å². The van der Waals surface area contributed by atoms with Gasteiger partial charge in [0.25, 0.3) is 0 Å². The summed E-state index contributed by atoms with van der Waals surface area (Å²) in [6.45, 7) is -2.77. The van der Waals surface area contributed by atoms with Gasteiger partial charge in [-0.05, 0) is 41.8 Å². The molecule has 4 nitrogen and oxygen atoms in total. The largest absolute Gasteiger partial charge is 0.493 e. The van der Waals surface area contributed by atoms with Crippen molar-refractivity contribution in [1.82, 2.24) is 5.32 Å². The Kier molecular flexibility index (Phi) is 7.19. The number of benzene rings is 2. The molecule has 2 rings (SSSR count). The van der Waals surface area contributed by atoms with Crippen molar-refractivity contribution >= 4 is 5.91 Å². The van der Waals surface area contributed by atoms with Crippen LogP contribution in [0.2, 0.25) is 0 Å². The van der Waals surface area contributed by atoms with Gasteiger partial charge in [-0.1, -0.05) is 18.2 Å². The molecule has 0 heterocycles. The topological polar surface area (TPSA) is 47.6 Å². The highest BCUT2D eigenvalue weighted by Gasteiger charge is 2.29. The first-order valence-electron chi connectivity index (χ1n) is 8.23. The van der Waals surface area contributed by atoms with Gasteiger partial charge < -0.3 is 14.8 Å². The Morgan fingerprint density at radius 3 is 2.25 bits per heavy atom. The number of halogens is 5. The fourth-order valence-electron chi connectivity index (χ4n) is 2.47. The van der Waals surface area contributed by atoms with Gasteiger partial charge in [-0.3, -0.25) is 4.79 Å². The number of hydrogen-bond donors (Lipinski definition) is 1. The summed E-state index contributed by atoms with van der Waals surface area (Å²) in [7, 11) is 1.33. The number of alkyl halides is 5. The monoisotopic (exact) mass is 403 g/mol. The maximum Gasteiger partial charge on any atom is 0.416 e. The quantitative estimate of drug-likeness (QED) is 0.672. The van der Waals surface area contributed by atoms with E-state index in [4.69, 9.17) is 4.74 Å². The molecular formula is C19H18F5NO3. The molecule has 2 aromatic rings. The van der Waals surface area contributed by atoms with Crippen LogP contribution in [0.1, 0.15) is 16.7 Å². The van der Waals surface area contributed by atoms with Crippen LogP contribution in [0, 0.1) is 0 Å². The molecule has 0 bridgehead atoms. The summed E-state index contributed by atoms with van der Waals surface area (Å²) in [5.74, 6) is -0.307. The predicted molar refractivity (Wildman–Crippen MR) is 91.5 cm³/mol. The molecule has 0 saturated heterocycles. The van der Waals surface area contributed by atoms with Crippen LogP contribution in [-0.2, 0) is 23.8 Å². The van der Waals surface area contributed by atoms with Gasteiger partial charge in [-0.15, -0.1) is 0 Å². The maximum absolute atomic E-state index is 12.5. The molecule has 28 heavy (non-hydrogen) atoms. The summed E-state index contributed by atoms with van der Waals surface area (Å²) >= 11 is 0. The molecule has 152 valence electrons. The van der Waals surface area contributed by atoms with Gasteiger partial charge in [-0.2, -0.15) is 22.0 Å². The number of amides is 1. The van der Waals surface area contributed by atoms with E-state index in [1.165, 1.54) is 31.4 Å². The standard InChI is InChI=1S/C19H18F5NO3/c1-27-15-7-4-13(10-16(15)28-18(20)21)8-9-25-17(26)11-12-2-5-14(6-3-12)19(22,23)24/h2-7,10,18H,8-9,11H2,1H3,(H,25,26). The Balaban J connectivity index is 1.86. The fourth-order valence-corrected chi connectivity index (χ4v) is 2.47. The number of ether oxygens (including phenoxy) is 2. The first-order valence-corrected chi connectivity index (χ1v) is 8.23. The normalized spacial score (nSPS) is 11.4. The summed E-state index contributed by atoms with van der Waals surface area (Å²) in [6, 6.07) is 8.87. The van der Waals surface area contributed by atoms with Gasteiger partial charge in [0.1, 0.15) is 0 Å². The third kappa shape index (κ3) is 6.40. The number of hydrogen-bond acceptors (Lipinski definition) is 3. The van der Waals surface area contributed by atoms with E-state index in [0.29, 0.717) is 17.5 Å². The molecule has 2 aromatic carbocycles. The van der Waals surface area contributed by atoms with Crippen molar-refractivity contribution in [2.24, 2.45) is 0 Å². The molecule has 0 aromatic heterocycles.